The Labute approximate surface area is 114 Å². The van der Waals surface area contributed by atoms with Gasteiger partial charge in [-0.25, -0.2) is 9.97 Å². The van der Waals surface area contributed by atoms with Crippen LogP contribution in [0.4, 0.5) is 0 Å². The number of carbonyl (C=O) groups is 1. The van der Waals surface area contributed by atoms with Crippen molar-refractivity contribution in [2.75, 3.05) is 12.0 Å². The Morgan fingerprint density at radius 1 is 1.22 bits per heavy atom. The van der Waals surface area contributed by atoms with Crippen LogP contribution in [-0.4, -0.2) is 27.8 Å². The number of rotatable bonds is 5. The average molecular weight is 276 g/mol. The molecule has 0 spiro atoms. The van der Waals surface area contributed by atoms with E-state index in [0.717, 1.165) is 15.5 Å². The monoisotopic (exact) mass is 276 g/mol. The van der Waals surface area contributed by atoms with Crippen LogP contribution in [0.25, 0.3) is 0 Å². The molecule has 0 aliphatic carbocycles. The number of Topliss-reactive ketones (excluding diaryl/α,β-unsaturated/α-hetero) is 1. The second-order valence-corrected chi connectivity index (χ2v) is 5.36. The van der Waals surface area contributed by atoms with Crippen molar-refractivity contribution in [1.29, 1.82) is 0 Å². The van der Waals surface area contributed by atoms with E-state index in [-0.39, 0.29) is 5.78 Å². The molecule has 1 aromatic carbocycles. The van der Waals surface area contributed by atoms with E-state index >= 15 is 0 Å². The van der Waals surface area contributed by atoms with Gasteiger partial charge in [0.2, 0.25) is 0 Å². The first-order valence-corrected chi connectivity index (χ1v) is 7.56. The Kier molecular flexibility index (Phi) is 4.78. The first-order valence-electron chi connectivity index (χ1n) is 5.35. The molecule has 0 atom stereocenters. The largest absolute Gasteiger partial charge is 0.293 e. The molecule has 0 saturated heterocycles. The molecule has 0 aliphatic heterocycles. The number of benzene rings is 1. The maximum atomic E-state index is 11.9. The highest BCUT2D eigenvalue weighted by molar-refractivity contribution is 8.00. The summed E-state index contributed by atoms with van der Waals surface area (Å²) in [4.78, 5) is 21.0. The summed E-state index contributed by atoms with van der Waals surface area (Å²) in [5, 5.41) is 0.819. The van der Waals surface area contributed by atoms with Gasteiger partial charge in [0, 0.05) is 16.7 Å². The van der Waals surface area contributed by atoms with E-state index in [9.17, 15) is 4.79 Å². The summed E-state index contributed by atoms with van der Waals surface area (Å²) >= 11 is 3.09. The molecular weight excluding hydrogens is 264 g/mol. The Hall–Kier alpha value is -1.33. The summed E-state index contributed by atoms with van der Waals surface area (Å²) in [6, 6.07) is 9.47. The minimum atomic E-state index is 0.117. The quantitative estimate of drug-likeness (QED) is 0.477. The van der Waals surface area contributed by atoms with Gasteiger partial charge in [0.05, 0.1) is 10.8 Å². The van der Waals surface area contributed by atoms with E-state index in [4.69, 9.17) is 0 Å². The lowest BCUT2D eigenvalue weighted by Gasteiger charge is -2.02. The number of nitrogens with zero attached hydrogens (tertiary/aromatic N) is 2. The van der Waals surface area contributed by atoms with Crippen LogP contribution in [0.3, 0.4) is 0 Å². The molecule has 0 radical (unpaired) electrons. The normalized spacial score (nSPS) is 10.3. The molecular formula is C13H12N2OS2. The van der Waals surface area contributed by atoms with Crippen molar-refractivity contribution in [3.05, 3.63) is 48.4 Å². The average Bonchev–Trinajstić information content (AvgIpc) is 2.46. The van der Waals surface area contributed by atoms with Crippen molar-refractivity contribution < 1.29 is 4.79 Å². The fourth-order valence-corrected chi connectivity index (χ4v) is 2.50. The van der Waals surface area contributed by atoms with Crippen LogP contribution >= 0.6 is 23.5 Å². The highest BCUT2D eigenvalue weighted by Crippen LogP contribution is 2.18. The van der Waals surface area contributed by atoms with E-state index in [1.54, 1.807) is 24.0 Å². The fourth-order valence-electron chi connectivity index (χ4n) is 1.36. The SMILES string of the molecule is CSc1ccc(C(=O)CSc2ccncn2)cc1. The molecule has 0 N–H and O–H groups in total. The molecule has 0 amide bonds. The second kappa shape index (κ2) is 6.56. The van der Waals surface area contributed by atoms with Crippen molar-refractivity contribution in [3.8, 4) is 0 Å². The van der Waals surface area contributed by atoms with Gasteiger partial charge in [-0.15, -0.1) is 11.8 Å². The molecule has 3 nitrogen and oxygen atoms in total. The summed E-state index contributed by atoms with van der Waals surface area (Å²) in [5.41, 5.74) is 0.745. The maximum absolute atomic E-state index is 11.9. The topological polar surface area (TPSA) is 42.9 Å². The lowest BCUT2D eigenvalue weighted by atomic mass is 10.1. The van der Waals surface area contributed by atoms with Gasteiger partial charge in [-0.3, -0.25) is 4.79 Å². The molecule has 2 aromatic rings. The van der Waals surface area contributed by atoms with E-state index in [0.29, 0.717) is 5.75 Å². The minimum Gasteiger partial charge on any atom is -0.293 e. The van der Waals surface area contributed by atoms with E-state index < -0.39 is 0 Å². The van der Waals surface area contributed by atoms with E-state index in [1.165, 1.54) is 18.1 Å². The predicted molar refractivity (Wildman–Crippen MR) is 75.3 cm³/mol. The number of thioether (sulfide) groups is 2. The molecule has 0 fully saturated rings. The van der Waals surface area contributed by atoms with Gasteiger partial charge < -0.3 is 0 Å². The summed E-state index contributed by atoms with van der Waals surface area (Å²) in [7, 11) is 0. The molecule has 1 heterocycles. The van der Waals surface area contributed by atoms with Gasteiger partial charge in [-0.2, -0.15) is 0 Å². The predicted octanol–water partition coefficient (Wildman–Crippen LogP) is 3.17. The third kappa shape index (κ3) is 3.58. The zero-order chi connectivity index (χ0) is 12.8. The van der Waals surface area contributed by atoms with Crippen molar-refractivity contribution in [3.63, 3.8) is 0 Å². The molecule has 18 heavy (non-hydrogen) atoms. The molecule has 0 saturated carbocycles. The molecule has 5 heteroatoms. The number of hydrogen-bond donors (Lipinski definition) is 0. The Morgan fingerprint density at radius 3 is 2.61 bits per heavy atom. The lowest BCUT2D eigenvalue weighted by molar-refractivity contribution is 0.102. The minimum absolute atomic E-state index is 0.117. The third-order valence-electron chi connectivity index (χ3n) is 2.32. The van der Waals surface area contributed by atoms with Gasteiger partial charge in [-0.05, 0) is 24.5 Å². The summed E-state index contributed by atoms with van der Waals surface area (Å²) in [5.74, 6) is 0.515. The number of ketones is 1. The van der Waals surface area contributed by atoms with Gasteiger partial charge in [0.25, 0.3) is 0 Å². The highest BCUT2D eigenvalue weighted by Gasteiger charge is 2.07. The molecule has 92 valence electrons. The van der Waals surface area contributed by atoms with Crippen LogP contribution in [0.15, 0.2) is 52.8 Å². The molecule has 0 unspecified atom stereocenters. The molecule has 1 aromatic heterocycles. The van der Waals surface area contributed by atoms with Crippen molar-refractivity contribution in [2.45, 2.75) is 9.92 Å². The van der Waals surface area contributed by atoms with Crippen molar-refractivity contribution in [2.24, 2.45) is 0 Å². The smallest absolute Gasteiger partial charge is 0.173 e. The summed E-state index contributed by atoms with van der Waals surface area (Å²) in [6.07, 6.45) is 5.18. The maximum Gasteiger partial charge on any atom is 0.173 e. The summed E-state index contributed by atoms with van der Waals surface area (Å²) in [6.45, 7) is 0. The van der Waals surface area contributed by atoms with E-state index in [2.05, 4.69) is 9.97 Å². The molecule has 0 bridgehead atoms. The van der Waals surface area contributed by atoms with Crippen LogP contribution in [0.1, 0.15) is 10.4 Å². The van der Waals surface area contributed by atoms with Gasteiger partial charge >= 0.3 is 0 Å². The third-order valence-corrected chi connectivity index (χ3v) is 4.01. The van der Waals surface area contributed by atoms with Crippen LogP contribution in [0, 0.1) is 0 Å². The Morgan fingerprint density at radius 2 is 2.00 bits per heavy atom. The Balaban J connectivity index is 1.95. The van der Waals surface area contributed by atoms with Crippen molar-refractivity contribution >= 4 is 29.3 Å². The Bertz CT molecular complexity index is 514. The first kappa shape index (κ1) is 13.1. The fraction of sp³-hybridized carbons (Fsp3) is 0.154. The first-order chi connectivity index (χ1) is 8.79. The molecule has 2 rings (SSSR count). The summed E-state index contributed by atoms with van der Waals surface area (Å²) < 4.78 is 0. The zero-order valence-electron chi connectivity index (χ0n) is 9.87. The van der Waals surface area contributed by atoms with Crippen LogP contribution in [-0.2, 0) is 0 Å². The number of carbonyl (C=O) groups excluding carboxylic acids is 1. The standard InChI is InChI=1S/C13H12N2OS2/c1-17-11-4-2-10(3-5-11)12(16)8-18-13-6-7-14-9-15-13/h2-7,9H,8H2,1H3. The zero-order valence-corrected chi connectivity index (χ0v) is 11.5. The van der Waals surface area contributed by atoms with Gasteiger partial charge in [0.15, 0.2) is 5.78 Å². The number of hydrogen-bond acceptors (Lipinski definition) is 5. The van der Waals surface area contributed by atoms with E-state index in [1.807, 2.05) is 30.5 Å². The highest BCUT2D eigenvalue weighted by atomic mass is 32.2. The molecule has 0 aliphatic rings. The second-order valence-electron chi connectivity index (χ2n) is 3.49. The van der Waals surface area contributed by atoms with Crippen LogP contribution in [0.2, 0.25) is 0 Å². The lowest BCUT2D eigenvalue weighted by Crippen LogP contribution is -2.02. The van der Waals surface area contributed by atoms with Crippen molar-refractivity contribution in [1.82, 2.24) is 9.97 Å². The number of aromatic nitrogens is 2. The van der Waals surface area contributed by atoms with Gasteiger partial charge in [0.1, 0.15) is 6.33 Å². The van der Waals surface area contributed by atoms with Gasteiger partial charge in [-0.1, -0.05) is 23.9 Å². The van der Waals surface area contributed by atoms with Crippen LogP contribution < -0.4 is 0 Å². The van der Waals surface area contributed by atoms with Crippen LogP contribution in [0.5, 0.6) is 0 Å².